The van der Waals surface area contributed by atoms with Crippen LogP contribution >= 0.6 is 0 Å². The van der Waals surface area contributed by atoms with Crippen molar-refractivity contribution in [1.29, 1.82) is 0 Å². The van der Waals surface area contributed by atoms with Crippen LogP contribution < -0.4 is 0 Å². The lowest BCUT2D eigenvalue weighted by Crippen LogP contribution is -2.28. The first kappa shape index (κ1) is 16.3. The summed E-state index contributed by atoms with van der Waals surface area (Å²) in [6.07, 6.45) is 0. The summed E-state index contributed by atoms with van der Waals surface area (Å²) in [4.78, 5) is 0. The predicted molar refractivity (Wildman–Crippen MR) is 77.7 cm³/mol. The summed E-state index contributed by atoms with van der Waals surface area (Å²) in [6.45, 7) is 18.6. The van der Waals surface area contributed by atoms with E-state index in [1.807, 2.05) is 6.92 Å². The minimum atomic E-state index is -1.68. The highest BCUT2D eigenvalue weighted by atomic mass is 28.4. The molecule has 0 fully saturated rings. The molecule has 0 atom stereocenters. The SMILES string of the molecule is C=C(O[Si](C)(C)C)C(C)=C(OC)O[Si](C)(C)C. The van der Waals surface area contributed by atoms with Gasteiger partial charge in [-0.15, -0.1) is 0 Å². The second-order valence-electron chi connectivity index (χ2n) is 5.97. The molecular weight excluding hydrogens is 248 g/mol. The Labute approximate surface area is 108 Å². The Hall–Kier alpha value is -0.686. The van der Waals surface area contributed by atoms with Gasteiger partial charge in [-0.2, -0.15) is 0 Å². The van der Waals surface area contributed by atoms with Gasteiger partial charge in [-0.1, -0.05) is 6.58 Å². The van der Waals surface area contributed by atoms with Gasteiger partial charge < -0.3 is 13.6 Å². The molecule has 0 heterocycles. The molecular formula is C12H26O3Si2. The first-order valence-corrected chi connectivity index (χ1v) is 12.6. The van der Waals surface area contributed by atoms with E-state index in [4.69, 9.17) is 13.6 Å². The minimum Gasteiger partial charge on any atom is -0.544 e. The molecule has 0 radical (unpaired) electrons. The zero-order valence-corrected chi connectivity index (χ0v) is 14.4. The Balaban J connectivity index is 4.92. The topological polar surface area (TPSA) is 27.7 Å². The second-order valence-corrected chi connectivity index (χ2v) is 14.8. The van der Waals surface area contributed by atoms with E-state index < -0.39 is 16.6 Å². The highest BCUT2D eigenvalue weighted by Gasteiger charge is 2.23. The monoisotopic (exact) mass is 274 g/mol. The van der Waals surface area contributed by atoms with Crippen molar-refractivity contribution >= 4 is 16.6 Å². The maximum Gasteiger partial charge on any atom is 0.271 e. The highest BCUT2D eigenvalue weighted by molar-refractivity contribution is 6.70. The van der Waals surface area contributed by atoms with E-state index in [2.05, 4.69) is 45.9 Å². The van der Waals surface area contributed by atoms with Crippen LogP contribution in [0.5, 0.6) is 0 Å². The second kappa shape index (κ2) is 5.77. The zero-order chi connectivity index (χ0) is 13.9. The Bertz CT molecular complexity index is 309. The van der Waals surface area contributed by atoms with Gasteiger partial charge in [0, 0.05) is 0 Å². The van der Waals surface area contributed by atoms with Gasteiger partial charge >= 0.3 is 0 Å². The van der Waals surface area contributed by atoms with Crippen molar-refractivity contribution in [2.24, 2.45) is 0 Å². The predicted octanol–water partition coefficient (Wildman–Crippen LogP) is 4.08. The lowest BCUT2D eigenvalue weighted by atomic mass is 10.3. The van der Waals surface area contributed by atoms with Crippen molar-refractivity contribution in [3.8, 4) is 0 Å². The maximum atomic E-state index is 5.86. The van der Waals surface area contributed by atoms with Crippen LogP contribution in [0.15, 0.2) is 23.9 Å². The average Bonchev–Trinajstić information content (AvgIpc) is 2.08. The van der Waals surface area contributed by atoms with Crippen LogP contribution in [-0.4, -0.2) is 23.7 Å². The molecule has 0 aliphatic heterocycles. The van der Waals surface area contributed by atoms with E-state index in [1.54, 1.807) is 7.11 Å². The fraction of sp³-hybridized carbons (Fsp3) is 0.667. The van der Waals surface area contributed by atoms with Gasteiger partial charge in [0.1, 0.15) is 5.76 Å². The first-order valence-electron chi connectivity index (χ1n) is 5.78. The largest absolute Gasteiger partial charge is 0.544 e. The van der Waals surface area contributed by atoms with Gasteiger partial charge in [-0.05, 0) is 46.2 Å². The normalized spacial score (nSPS) is 13.9. The van der Waals surface area contributed by atoms with Gasteiger partial charge in [0.2, 0.25) is 16.6 Å². The van der Waals surface area contributed by atoms with Crippen LogP contribution in [0.25, 0.3) is 0 Å². The Morgan fingerprint density at radius 2 is 1.29 bits per heavy atom. The van der Waals surface area contributed by atoms with Gasteiger partial charge in [0.15, 0.2) is 0 Å². The molecule has 0 rings (SSSR count). The summed E-state index contributed by atoms with van der Waals surface area (Å²) in [5.74, 6) is 1.19. The summed E-state index contributed by atoms with van der Waals surface area (Å²) in [6, 6.07) is 0. The minimum absolute atomic E-state index is 0.535. The third-order valence-electron chi connectivity index (χ3n) is 1.74. The molecule has 0 spiro atoms. The van der Waals surface area contributed by atoms with E-state index in [0.29, 0.717) is 11.7 Å². The highest BCUT2D eigenvalue weighted by Crippen LogP contribution is 2.22. The number of hydrogen-bond donors (Lipinski definition) is 0. The Kier molecular flexibility index (Phi) is 5.54. The summed E-state index contributed by atoms with van der Waals surface area (Å²) < 4.78 is 17.0. The molecule has 0 amide bonds. The third-order valence-corrected chi connectivity index (χ3v) is 3.39. The number of hydrogen-bond acceptors (Lipinski definition) is 3. The van der Waals surface area contributed by atoms with Crippen molar-refractivity contribution in [3.05, 3.63) is 23.9 Å². The Morgan fingerprint density at radius 3 is 1.59 bits per heavy atom. The molecule has 3 nitrogen and oxygen atoms in total. The molecule has 0 aliphatic carbocycles. The molecule has 0 aromatic carbocycles. The summed E-state index contributed by atoms with van der Waals surface area (Å²) in [7, 11) is -1.70. The van der Waals surface area contributed by atoms with Crippen LogP contribution in [0.2, 0.25) is 39.3 Å². The van der Waals surface area contributed by atoms with Crippen molar-refractivity contribution in [2.45, 2.75) is 46.2 Å². The van der Waals surface area contributed by atoms with Gasteiger partial charge in [-0.3, -0.25) is 0 Å². The molecule has 0 bridgehead atoms. The summed E-state index contributed by atoms with van der Waals surface area (Å²) in [5.41, 5.74) is 0.845. The molecule has 0 saturated carbocycles. The molecule has 0 saturated heterocycles. The van der Waals surface area contributed by atoms with Crippen molar-refractivity contribution in [1.82, 2.24) is 0 Å². The lowest BCUT2D eigenvalue weighted by molar-refractivity contribution is 0.141. The molecule has 100 valence electrons. The van der Waals surface area contributed by atoms with E-state index in [0.717, 1.165) is 5.57 Å². The smallest absolute Gasteiger partial charge is 0.271 e. The van der Waals surface area contributed by atoms with Crippen LogP contribution in [-0.2, 0) is 13.6 Å². The third kappa shape index (κ3) is 7.28. The van der Waals surface area contributed by atoms with E-state index in [1.165, 1.54) is 0 Å². The van der Waals surface area contributed by atoms with Crippen LogP contribution in [0.3, 0.4) is 0 Å². The Morgan fingerprint density at radius 1 is 0.882 bits per heavy atom. The quantitative estimate of drug-likeness (QED) is 0.415. The zero-order valence-electron chi connectivity index (χ0n) is 12.4. The molecule has 5 heteroatoms. The number of ether oxygens (including phenoxy) is 1. The fourth-order valence-corrected chi connectivity index (χ4v) is 2.79. The fourth-order valence-electron chi connectivity index (χ4n) is 1.11. The first-order chi connectivity index (χ1) is 7.46. The molecule has 17 heavy (non-hydrogen) atoms. The molecule has 0 N–H and O–H groups in total. The van der Waals surface area contributed by atoms with Gasteiger partial charge in [0.05, 0.1) is 12.7 Å². The van der Waals surface area contributed by atoms with E-state index in [-0.39, 0.29) is 0 Å². The average molecular weight is 275 g/mol. The van der Waals surface area contributed by atoms with E-state index in [9.17, 15) is 0 Å². The van der Waals surface area contributed by atoms with Gasteiger partial charge in [0.25, 0.3) is 5.95 Å². The lowest BCUT2D eigenvalue weighted by Gasteiger charge is -2.25. The van der Waals surface area contributed by atoms with Gasteiger partial charge in [-0.25, -0.2) is 0 Å². The number of rotatable bonds is 6. The van der Waals surface area contributed by atoms with Crippen molar-refractivity contribution in [2.75, 3.05) is 7.11 Å². The summed E-state index contributed by atoms with van der Waals surface area (Å²) >= 11 is 0. The molecule has 0 aromatic heterocycles. The van der Waals surface area contributed by atoms with Crippen LogP contribution in [0, 0.1) is 0 Å². The number of allylic oxidation sites excluding steroid dienone is 1. The van der Waals surface area contributed by atoms with E-state index >= 15 is 0 Å². The standard InChI is InChI=1S/C12H26O3Si2/c1-10(11(2)14-16(4,5)6)12(13-3)15-17(7,8)9/h2H2,1,3-9H3. The van der Waals surface area contributed by atoms with Crippen LogP contribution in [0.1, 0.15) is 6.92 Å². The van der Waals surface area contributed by atoms with Crippen LogP contribution in [0.4, 0.5) is 0 Å². The van der Waals surface area contributed by atoms with Crippen molar-refractivity contribution in [3.63, 3.8) is 0 Å². The molecule has 0 aliphatic rings. The molecule has 0 unspecified atom stereocenters. The van der Waals surface area contributed by atoms with Crippen molar-refractivity contribution < 1.29 is 13.6 Å². The number of methoxy groups -OCH3 is 1. The molecule has 0 aromatic rings. The maximum absolute atomic E-state index is 5.86. The summed E-state index contributed by atoms with van der Waals surface area (Å²) in [5, 5.41) is 0.